The largest absolute Gasteiger partial charge is 0.339 e. The summed E-state index contributed by atoms with van der Waals surface area (Å²) >= 11 is 0. The fraction of sp³-hybridized carbons (Fsp3) is 0.654. The number of piperidine rings is 1. The molecule has 5 rings (SSSR count). The first-order chi connectivity index (χ1) is 16.9. The summed E-state index contributed by atoms with van der Waals surface area (Å²) in [6.07, 6.45) is 7.19. The Morgan fingerprint density at radius 3 is 2.40 bits per heavy atom. The van der Waals surface area contributed by atoms with Gasteiger partial charge in [0.05, 0.1) is 5.69 Å². The van der Waals surface area contributed by atoms with Crippen LogP contribution in [0.4, 0.5) is 14.9 Å². The molecular weight excluding hydrogens is 449 g/mol. The zero-order chi connectivity index (χ0) is 24.4. The number of hydrogen-bond acceptors (Lipinski definition) is 5. The summed E-state index contributed by atoms with van der Waals surface area (Å²) in [5, 5.41) is 5.63. The summed E-state index contributed by atoms with van der Waals surface area (Å²) in [7, 11) is 0. The minimum Gasteiger partial charge on any atom is -0.339 e. The van der Waals surface area contributed by atoms with Crippen molar-refractivity contribution < 1.29 is 18.8 Å². The standard InChI is InChI=1S/C26H36FN5O3/c27-21-2-1-20(17-22(21)32-12-5-23(33)29-25(32)35)24(34)31-13-8-26(9-14-31)6-3-19(4-7-26)18-30-15-10-28-11-16-30/h1-2,17,19,28H,3-16,18H2,(H,29,33,35). The van der Waals surface area contributed by atoms with Crippen molar-refractivity contribution in [1.29, 1.82) is 0 Å². The number of hydrogen-bond donors (Lipinski definition) is 2. The van der Waals surface area contributed by atoms with Crippen molar-refractivity contribution in [1.82, 2.24) is 20.4 Å². The average molecular weight is 486 g/mol. The Hall–Kier alpha value is -2.52. The maximum atomic E-state index is 14.5. The fourth-order valence-electron chi connectivity index (χ4n) is 6.24. The van der Waals surface area contributed by atoms with Gasteiger partial charge in [0.25, 0.3) is 5.91 Å². The van der Waals surface area contributed by atoms with Crippen LogP contribution in [0.3, 0.4) is 0 Å². The van der Waals surface area contributed by atoms with E-state index in [0.717, 1.165) is 44.9 Å². The second-order valence-electron chi connectivity index (χ2n) is 10.7. The van der Waals surface area contributed by atoms with E-state index in [4.69, 9.17) is 0 Å². The lowest BCUT2D eigenvalue weighted by molar-refractivity contribution is -0.120. The highest BCUT2D eigenvalue weighted by Gasteiger charge is 2.39. The van der Waals surface area contributed by atoms with E-state index in [1.54, 1.807) is 0 Å². The van der Waals surface area contributed by atoms with E-state index in [2.05, 4.69) is 15.5 Å². The molecule has 0 unspecified atom stereocenters. The summed E-state index contributed by atoms with van der Waals surface area (Å²) in [4.78, 5) is 42.5. The van der Waals surface area contributed by atoms with Crippen LogP contribution in [-0.4, -0.2) is 80.0 Å². The molecule has 0 atom stereocenters. The normalized spacial score (nSPS) is 24.0. The number of rotatable bonds is 4. The molecule has 1 saturated carbocycles. The van der Waals surface area contributed by atoms with E-state index < -0.39 is 11.8 Å². The zero-order valence-corrected chi connectivity index (χ0v) is 20.4. The summed E-state index contributed by atoms with van der Waals surface area (Å²) in [6.45, 7) is 7.26. The lowest BCUT2D eigenvalue weighted by atomic mass is 9.65. The van der Waals surface area contributed by atoms with Crippen molar-refractivity contribution in [3.63, 3.8) is 0 Å². The van der Waals surface area contributed by atoms with Gasteiger partial charge in [-0.25, -0.2) is 9.18 Å². The molecule has 9 heteroatoms. The van der Waals surface area contributed by atoms with E-state index in [0.29, 0.717) is 24.1 Å². The minimum absolute atomic E-state index is 0.0390. The van der Waals surface area contributed by atoms with E-state index in [-0.39, 0.29) is 30.5 Å². The first kappa shape index (κ1) is 24.2. The molecule has 4 amide bonds. The van der Waals surface area contributed by atoms with Crippen LogP contribution in [0.2, 0.25) is 0 Å². The summed E-state index contributed by atoms with van der Waals surface area (Å²) in [5.74, 6) is -0.291. The Kier molecular flexibility index (Phi) is 7.07. The van der Waals surface area contributed by atoms with Gasteiger partial charge in [-0.3, -0.25) is 19.8 Å². The van der Waals surface area contributed by atoms with Crippen LogP contribution in [0, 0.1) is 17.2 Å². The number of carbonyl (C=O) groups is 3. The molecule has 1 spiro atoms. The summed E-state index contributed by atoms with van der Waals surface area (Å²) in [6, 6.07) is 3.51. The molecule has 1 aromatic rings. The number of likely N-dealkylation sites (tertiary alicyclic amines) is 1. The van der Waals surface area contributed by atoms with Crippen molar-refractivity contribution in [2.75, 3.05) is 57.3 Å². The molecule has 4 aliphatic rings. The Bertz CT molecular complexity index is 962. The molecule has 0 aromatic heterocycles. The minimum atomic E-state index is -0.655. The van der Waals surface area contributed by atoms with Crippen molar-refractivity contribution >= 4 is 23.5 Å². The smallest absolute Gasteiger partial charge is 0.328 e. The molecule has 1 aliphatic carbocycles. The molecule has 0 bridgehead atoms. The molecule has 3 heterocycles. The van der Waals surface area contributed by atoms with Crippen LogP contribution >= 0.6 is 0 Å². The van der Waals surface area contributed by atoms with Crippen molar-refractivity contribution in [3.8, 4) is 0 Å². The van der Waals surface area contributed by atoms with Crippen LogP contribution < -0.4 is 15.5 Å². The molecule has 1 aromatic carbocycles. The molecule has 4 fully saturated rings. The Morgan fingerprint density at radius 1 is 1.00 bits per heavy atom. The number of imide groups is 1. The van der Waals surface area contributed by atoms with Gasteiger partial charge in [0, 0.05) is 64.3 Å². The van der Waals surface area contributed by atoms with Crippen LogP contribution in [0.15, 0.2) is 18.2 Å². The highest BCUT2D eigenvalue weighted by atomic mass is 19.1. The highest BCUT2D eigenvalue weighted by molar-refractivity contribution is 6.06. The lowest BCUT2D eigenvalue weighted by Gasteiger charge is -2.46. The quantitative estimate of drug-likeness (QED) is 0.685. The number of benzene rings is 1. The number of nitrogens with zero attached hydrogens (tertiary/aromatic N) is 3. The number of urea groups is 1. The van der Waals surface area contributed by atoms with Gasteiger partial charge in [-0.2, -0.15) is 0 Å². The number of amides is 4. The molecule has 0 radical (unpaired) electrons. The first-order valence-electron chi connectivity index (χ1n) is 13.1. The van der Waals surface area contributed by atoms with Crippen molar-refractivity contribution in [2.45, 2.75) is 44.9 Å². The third-order valence-electron chi connectivity index (χ3n) is 8.54. The molecule has 8 nitrogen and oxygen atoms in total. The van der Waals surface area contributed by atoms with Gasteiger partial charge in [0.1, 0.15) is 5.82 Å². The molecule has 190 valence electrons. The molecule has 3 aliphatic heterocycles. The van der Waals surface area contributed by atoms with Crippen molar-refractivity contribution in [3.05, 3.63) is 29.6 Å². The van der Waals surface area contributed by atoms with E-state index >= 15 is 0 Å². The third kappa shape index (κ3) is 5.35. The molecule has 3 saturated heterocycles. The number of carbonyl (C=O) groups excluding carboxylic acids is 3. The molecule has 35 heavy (non-hydrogen) atoms. The van der Waals surface area contributed by atoms with Gasteiger partial charge in [0.2, 0.25) is 5.91 Å². The monoisotopic (exact) mass is 485 g/mol. The summed E-state index contributed by atoms with van der Waals surface area (Å²) < 4.78 is 14.5. The maximum absolute atomic E-state index is 14.5. The van der Waals surface area contributed by atoms with Gasteiger partial charge < -0.3 is 15.1 Å². The predicted octanol–water partition coefficient (Wildman–Crippen LogP) is 2.59. The highest BCUT2D eigenvalue weighted by Crippen LogP contribution is 2.46. The molecule has 2 N–H and O–H groups in total. The second kappa shape index (κ2) is 10.2. The second-order valence-corrected chi connectivity index (χ2v) is 10.7. The van der Waals surface area contributed by atoms with E-state index in [9.17, 15) is 18.8 Å². The lowest BCUT2D eigenvalue weighted by Crippen LogP contribution is -2.50. The van der Waals surface area contributed by atoms with E-state index in [1.165, 1.54) is 55.3 Å². The molecular formula is C26H36FN5O3. The SMILES string of the molecule is O=C1CCN(c2cc(C(=O)N3CCC4(CCC(CN5CCNCC5)CC4)CC3)ccc2F)C(=O)N1. The van der Waals surface area contributed by atoms with Gasteiger partial charge in [0.15, 0.2) is 0 Å². The van der Waals surface area contributed by atoms with Crippen LogP contribution in [-0.2, 0) is 4.79 Å². The van der Waals surface area contributed by atoms with Gasteiger partial charge >= 0.3 is 6.03 Å². The third-order valence-corrected chi connectivity index (χ3v) is 8.54. The van der Waals surface area contributed by atoms with Gasteiger partial charge in [-0.1, -0.05) is 0 Å². The number of piperazine rings is 1. The number of halogens is 1. The van der Waals surface area contributed by atoms with Gasteiger partial charge in [-0.05, 0) is 68.1 Å². The van der Waals surface area contributed by atoms with Crippen molar-refractivity contribution in [2.24, 2.45) is 11.3 Å². The zero-order valence-electron chi connectivity index (χ0n) is 20.4. The maximum Gasteiger partial charge on any atom is 0.328 e. The number of nitrogens with one attached hydrogen (secondary N) is 2. The Morgan fingerprint density at radius 2 is 1.71 bits per heavy atom. The summed E-state index contributed by atoms with van der Waals surface area (Å²) in [5.41, 5.74) is 0.766. The topological polar surface area (TPSA) is 85.0 Å². The number of anilines is 1. The van der Waals surface area contributed by atoms with Crippen LogP contribution in [0.25, 0.3) is 0 Å². The Balaban J connectivity index is 1.16. The van der Waals surface area contributed by atoms with Gasteiger partial charge in [-0.15, -0.1) is 0 Å². The predicted molar refractivity (Wildman–Crippen MR) is 131 cm³/mol. The Labute approximate surface area is 206 Å². The van der Waals surface area contributed by atoms with E-state index in [1.807, 2.05) is 4.90 Å². The average Bonchev–Trinajstić information content (AvgIpc) is 2.87. The van der Waals surface area contributed by atoms with Crippen LogP contribution in [0.5, 0.6) is 0 Å². The first-order valence-corrected chi connectivity index (χ1v) is 13.1. The van der Waals surface area contributed by atoms with Crippen LogP contribution in [0.1, 0.15) is 55.3 Å². The fourth-order valence-corrected chi connectivity index (χ4v) is 6.24.